The lowest BCUT2D eigenvalue weighted by Gasteiger charge is -2.04. The van der Waals surface area contributed by atoms with Crippen molar-refractivity contribution in [3.8, 4) is 0 Å². The van der Waals surface area contributed by atoms with Gasteiger partial charge in [-0.2, -0.15) is 0 Å². The molecule has 0 unspecified atom stereocenters. The normalized spacial score (nSPS) is 10.5. The number of carbonyl (C=O) groups is 2. The molecule has 0 aliphatic carbocycles. The minimum atomic E-state index is -0.529. The highest BCUT2D eigenvalue weighted by Gasteiger charge is 2.15. The Hall–Kier alpha value is -2.93. The highest BCUT2D eigenvalue weighted by molar-refractivity contribution is 7.09. The molecule has 0 radical (unpaired) electrons. The molecule has 1 N–H and O–H groups in total. The highest BCUT2D eigenvalue weighted by Crippen LogP contribution is 2.15. The first-order valence-electron chi connectivity index (χ1n) is 8.02. The second-order valence-corrected chi connectivity index (χ2v) is 6.78. The average molecular weight is 370 g/mol. The predicted octanol–water partition coefficient (Wildman–Crippen LogP) is 3.89. The molecule has 6 nitrogen and oxygen atoms in total. The van der Waals surface area contributed by atoms with E-state index in [2.05, 4.69) is 10.3 Å². The number of hydrogen-bond donors (Lipinski definition) is 1. The maximum absolute atomic E-state index is 12.1. The van der Waals surface area contributed by atoms with E-state index in [1.54, 1.807) is 18.4 Å². The first kappa shape index (κ1) is 17.9. The number of aromatic nitrogens is 1. The molecule has 134 valence electrons. The Morgan fingerprint density at radius 2 is 1.96 bits per heavy atom. The van der Waals surface area contributed by atoms with Crippen molar-refractivity contribution in [3.05, 3.63) is 69.6 Å². The molecular formula is C19H18N2O4S. The molecule has 0 saturated heterocycles. The third-order valence-corrected chi connectivity index (χ3v) is 4.54. The first-order chi connectivity index (χ1) is 12.5. The van der Waals surface area contributed by atoms with E-state index in [1.807, 2.05) is 31.2 Å². The van der Waals surface area contributed by atoms with E-state index in [0.717, 1.165) is 16.8 Å². The lowest BCUT2D eigenvalue weighted by molar-refractivity contribution is -0.115. The summed E-state index contributed by atoms with van der Waals surface area (Å²) in [6.45, 7) is 3.80. The van der Waals surface area contributed by atoms with E-state index in [-0.39, 0.29) is 24.7 Å². The van der Waals surface area contributed by atoms with Gasteiger partial charge in [0.15, 0.2) is 0 Å². The number of rotatable bonds is 6. The zero-order chi connectivity index (χ0) is 18.5. The number of esters is 1. The number of carbonyl (C=O) groups excluding carboxylic acids is 2. The molecule has 1 aromatic carbocycles. The van der Waals surface area contributed by atoms with Gasteiger partial charge in [-0.25, -0.2) is 9.78 Å². The van der Waals surface area contributed by atoms with Gasteiger partial charge >= 0.3 is 5.97 Å². The molecule has 0 aliphatic heterocycles. The third kappa shape index (κ3) is 4.58. The minimum absolute atomic E-state index is 0.0368. The molecule has 26 heavy (non-hydrogen) atoms. The zero-order valence-corrected chi connectivity index (χ0v) is 15.3. The Morgan fingerprint density at radius 3 is 2.65 bits per heavy atom. The van der Waals surface area contributed by atoms with E-state index in [9.17, 15) is 9.59 Å². The molecule has 0 fully saturated rings. The van der Waals surface area contributed by atoms with Crippen molar-refractivity contribution in [2.24, 2.45) is 0 Å². The van der Waals surface area contributed by atoms with Crippen molar-refractivity contribution >= 4 is 28.9 Å². The summed E-state index contributed by atoms with van der Waals surface area (Å²) in [7, 11) is 0. The van der Waals surface area contributed by atoms with Crippen LogP contribution in [0.2, 0.25) is 0 Å². The van der Waals surface area contributed by atoms with Crippen LogP contribution in [0.1, 0.15) is 32.4 Å². The SMILES string of the molecule is Cc1ccc(NC(=O)Cc2nc(COC(=O)c3occc3C)cs2)cc1. The molecule has 0 bridgehead atoms. The summed E-state index contributed by atoms with van der Waals surface area (Å²) < 4.78 is 10.3. The van der Waals surface area contributed by atoms with Crippen molar-refractivity contribution in [3.63, 3.8) is 0 Å². The maximum Gasteiger partial charge on any atom is 0.374 e. The Morgan fingerprint density at radius 1 is 1.19 bits per heavy atom. The van der Waals surface area contributed by atoms with Gasteiger partial charge in [0, 0.05) is 16.6 Å². The fraction of sp³-hybridized carbons (Fsp3) is 0.211. The topological polar surface area (TPSA) is 81.4 Å². The monoisotopic (exact) mass is 370 g/mol. The second-order valence-electron chi connectivity index (χ2n) is 5.83. The molecule has 0 saturated carbocycles. The van der Waals surface area contributed by atoms with E-state index in [4.69, 9.17) is 9.15 Å². The minimum Gasteiger partial charge on any atom is -0.457 e. The molecule has 1 amide bonds. The Kier molecular flexibility index (Phi) is 5.48. The smallest absolute Gasteiger partial charge is 0.374 e. The van der Waals surface area contributed by atoms with Crippen molar-refractivity contribution in [2.75, 3.05) is 5.32 Å². The fourth-order valence-corrected chi connectivity index (χ4v) is 3.04. The number of aryl methyl sites for hydroxylation is 2. The fourth-order valence-electron chi connectivity index (χ4n) is 2.26. The summed E-state index contributed by atoms with van der Waals surface area (Å²) in [5.41, 5.74) is 3.21. The molecule has 2 heterocycles. The van der Waals surface area contributed by atoms with Gasteiger partial charge in [0.25, 0.3) is 0 Å². The second kappa shape index (κ2) is 7.97. The van der Waals surface area contributed by atoms with Gasteiger partial charge in [-0.1, -0.05) is 17.7 Å². The van der Waals surface area contributed by atoms with Crippen LogP contribution in [0.15, 0.2) is 46.4 Å². The molecule has 0 atom stereocenters. The Labute approximate surface area is 154 Å². The lowest BCUT2D eigenvalue weighted by atomic mass is 10.2. The van der Waals surface area contributed by atoms with Crippen LogP contribution in [0.3, 0.4) is 0 Å². The van der Waals surface area contributed by atoms with Gasteiger partial charge < -0.3 is 14.5 Å². The van der Waals surface area contributed by atoms with Crippen LogP contribution in [0.25, 0.3) is 0 Å². The number of thiazole rings is 1. The van der Waals surface area contributed by atoms with Crippen LogP contribution in [-0.2, 0) is 22.6 Å². The molecule has 3 aromatic rings. The van der Waals surface area contributed by atoms with Gasteiger partial charge in [0.1, 0.15) is 11.6 Å². The molecular weight excluding hydrogens is 352 g/mol. The number of hydrogen-bond acceptors (Lipinski definition) is 6. The standard InChI is InChI=1S/C19H18N2O4S/c1-12-3-5-14(6-4-12)20-16(22)9-17-21-15(11-26-17)10-25-19(23)18-13(2)7-8-24-18/h3-8,11H,9-10H2,1-2H3,(H,20,22). The lowest BCUT2D eigenvalue weighted by Crippen LogP contribution is -2.14. The van der Waals surface area contributed by atoms with Crippen molar-refractivity contribution in [1.29, 1.82) is 0 Å². The van der Waals surface area contributed by atoms with Gasteiger partial charge in [-0.15, -0.1) is 11.3 Å². The van der Waals surface area contributed by atoms with Gasteiger partial charge in [0.05, 0.1) is 18.4 Å². The summed E-state index contributed by atoms with van der Waals surface area (Å²) in [5.74, 6) is -0.477. The summed E-state index contributed by atoms with van der Waals surface area (Å²) in [4.78, 5) is 28.3. The zero-order valence-electron chi connectivity index (χ0n) is 14.4. The summed E-state index contributed by atoms with van der Waals surface area (Å²) in [6.07, 6.45) is 1.61. The first-order valence-corrected chi connectivity index (χ1v) is 8.90. The van der Waals surface area contributed by atoms with Crippen LogP contribution in [0.5, 0.6) is 0 Å². The summed E-state index contributed by atoms with van der Waals surface area (Å²) >= 11 is 1.36. The van der Waals surface area contributed by atoms with Crippen molar-refractivity contribution < 1.29 is 18.7 Å². The van der Waals surface area contributed by atoms with Crippen LogP contribution < -0.4 is 5.32 Å². The van der Waals surface area contributed by atoms with Gasteiger partial charge in [-0.05, 0) is 32.0 Å². The average Bonchev–Trinajstić information content (AvgIpc) is 3.23. The molecule has 2 aromatic heterocycles. The van der Waals surface area contributed by atoms with Crippen molar-refractivity contribution in [2.45, 2.75) is 26.9 Å². The van der Waals surface area contributed by atoms with E-state index >= 15 is 0 Å². The number of furan rings is 1. The predicted molar refractivity (Wildman–Crippen MR) is 98.2 cm³/mol. The number of benzene rings is 1. The number of anilines is 1. The van der Waals surface area contributed by atoms with Crippen LogP contribution in [0.4, 0.5) is 5.69 Å². The van der Waals surface area contributed by atoms with E-state index < -0.39 is 5.97 Å². The van der Waals surface area contributed by atoms with Gasteiger partial charge in [-0.3, -0.25) is 4.79 Å². The number of amides is 1. The summed E-state index contributed by atoms with van der Waals surface area (Å²) in [6, 6.07) is 9.29. The molecule has 0 aliphatic rings. The van der Waals surface area contributed by atoms with Crippen LogP contribution in [-0.4, -0.2) is 16.9 Å². The maximum atomic E-state index is 12.1. The largest absolute Gasteiger partial charge is 0.457 e. The summed E-state index contributed by atoms with van der Waals surface area (Å²) in [5, 5.41) is 5.27. The molecule has 7 heteroatoms. The van der Waals surface area contributed by atoms with Gasteiger partial charge in [0.2, 0.25) is 11.7 Å². The number of nitrogens with zero attached hydrogens (tertiary/aromatic N) is 1. The van der Waals surface area contributed by atoms with E-state index in [0.29, 0.717) is 10.7 Å². The highest BCUT2D eigenvalue weighted by atomic mass is 32.1. The number of ether oxygens (including phenoxy) is 1. The third-order valence-electron chi connectivity index (χ3n) is 3.65. The van der Waals surface area contributed by atoms with Crippen LogP contribution >= 0.6 is 11.3 Å². The van der Waals surface area contributed by atoms with Crippen LogP contribution in [0, 0.1) is 13.8 Å². The Bertz CT molecular complexity index is 912. The Balaban J connectivity index is 1.51. The molecule has 0 spiro atoms. The van der Waals surface area contributed by atoms with Crippen molar-refractivity contribution in [1.82, 2.24) is 4.98 Å². The van der Waals surface area contributed by atoms with E-state index in [1.165, 1.54) is 17.6 Å². The quantitative estimate of drug-likeness (QED) is 0.666. The molecule has 3 rings (SSSR count). The number of nitrogens with one attached hydrogen (secondary N) is 1.